The number of anilines is 1. The van der Waals surface area contributed by atoms with Crippen molar-refractivity contribution in [3.8, 4) is 0 Å². The Labute approximate surface area is 179 Å². The molecule has 1 fully saturated rings. The molecule has 11 heteroatoms. The van der Waals surface area contributed by atoms with Crippen LogP contribution in [0.5, 0.6) is 0 Å². The van der Waals surface area contributed by atoms with E-state index in [1.807, 2.05) is 0 Å². The van der Waals surface area contributed by atoms with Gasteiger partial charge >= 0.3 is 0 Å². The zero-order chi connectivity index (χ0) is 21.2. The number of nitrogens with one attached hydrogen (secondary N) is 2. The fraction of sp³-hybridized carbons (Fsp3) is 0.278. The number of sulfone groups is 1. The third-order valence-electron chi connectivity index (χ3n) is 4.37. The first kappa shape index (κ1) is 21.9. The van der Waals surface area contributed by atoms with Crippen molar-refractivity contribution in [3.05, 3.63) is 58.1 Å². The maximum absolute atomic E-state index is 12.4. The number of carbonyl (C=O) groups excluding carboxylic acids is 1. The molecule has 1 atom stereocenters. The summed E-state index contributed by atoms with van der Waals surface area (Å²) in [6.45, 7) is 0. The summed E-state index contributed by atoms with van der Waals surface area (Å²) in [6.07, 6.45) is 0.486. The number of amides is 1. The fourth-order valence-electron chi connectivity index (χ4n) is 2.92. The van der Waals surface area contributed by atoms with Crippen LogP contribution in [0.25, 0.3) is 0 Å². The Morgan fingerprint density at radius 1 is 1.07 bits per heavy atom. The highest BCUT2D eigenvalue weighted by Crippen LogP contribution is 2.26. The van der Waals surface area contributed by atoms with Crippen molar-refractivity contribution >= 4 is 54.7 Å². The monoisotopic (exact) mass is 476 g/mol. The van der Waals surface area contributed by atoms with Crippen LogP contribution < -0.4 is 10.0 Å². The number of hydrogen-bond acceptors (Lipinski definition) is 5. The highest BCUT2D eigenvalue weighted by atomic mass is 35.5. The minimum absolute atomic E-state index is 0.0260. The number of benzene rings is 2. The lowest BCUT2D eigenvalue weighted by molar-refractivity contribution is -0.121. The molecule has 3 rings (SSSR count). The lowest BCUT2D eigenvalue weighted by Crippen LogP contribution is -2.36. The van der Waals surface area contributed by atoms with Crippen LogP contribution in [-0.2, 0) is 31.1 Å². The van der Waals surface area contributed by atoms with E-state index >= 15 is 0 Å². The highest BCUT2D eigenvalue weighted by Gasteiger charge is 2.28. The van der Waals surface area contributed by atoms with Gasteiger partial charge in [0.1, 0.15) is 0 Å². The Hall–Kier alpha value is -1.81. The molecule has 0 spiro atoms. The summed E-state index contributed by atoms with van der Waals surface area (Å²) in [5, 5.41) is 3.10. The number of hydrogen-bond donors (Lipinski definition) is 2. The van der Waals surface area contributed by atoms with Crippen LogP contribution in [-0.4, -0.2) is 40.3 Å². The zero-order valence-electron chi connectivity index (χ0n) is 15.1. The number of halogens is 2. The molecule has 2 N–H and O–H groups in total. The van der Waals surface area contributed by atoms with Gasteiger partial charge in [0, 0.05) is 11.7 Å². The summed E-state index contributed by atoms with van der Waals surface area (Å²) in [7, 11) is -6.91. The van der Waals surface area contributed by atoms with E-state index in [1.54, 1.807) is 12.1 Å². The molecule has 1 aliphatic rings. The topological polar surface area (TPSA) is 109 Å². The SMILES string of the molecule is O=C(Cc1ccc(NS(=O)(=O)c2ccc(Cl)c(Cl)c2)cc1)NC1CCS(=O)(=O)C1. The van der Waals surface area contributed by atoms with Crippen LogP contribution in [0.3, 0.4) is 0 Å². The molecule has 0 aromatic heterocycles. The van der Waals surface area contributed by atoms with Gasteiger partial charge in [-0.2, -0.15) is 0 Å². The van der Waals surface area contributed by atoms with Crippen molar-refractivity contribution in [2.24, 2.45) is 0 Å². The van der Waals surface area contributed by atoms with Crippen molar-refractivity contribution in [3.63, 3.8) is 0 Å². The molecule has 0 bridgehead atoms. The van der Waals surface area contributed by atoms with Crippen LogP contribution >= 0.6 is 23.2 Å². The molecule has 7 nitrogen and oxygen atoms in total. The third kappa shape index (κ3) is 5.85. The summed E-state index contributed by atoms with van der Waals surface area (Å²) in [4.78, 5) is 12.1. The Morgan fingerprint density at radius 2 is 1.76 bits per heavy atom. The first-order valence-corrected chi connectivity index (χ1v) is 12.7. The van der Waals surface area contributed by atoms with E-state index in [1.165, 1.54) is 30.3 Å². The van der Waals surface area contributed by atoms with Gasteiger partial charge in [-0.3, -0.25) is 9.52 Å². The molecule has 1 heterocycles. The van der Waals surface area contributed by atoms with Crippen LogP contribution in [0.4, 0.5) is 5.69 Å². The lowest BCUT2D eigenvalue weighted by Gasteiger charge is -2.12. The van der Waals surface area contributed by atoms with Gasteiger partial charge in [-0.15, -0.1) is 0 Å². The van der Waals surface area contributed by atoms with Gasteiger partial charge in [0.25, 0.3) is 10.0 Å². The highest BCUT2D eigenvalue weighted by molar-refractivity contribution is 7.92. The smallest absolute Gasteiger partial charge is 0.261 e. The van der Waals surface area contributed by atoms with E-state index in [0.29, 0.717) is 17.7 Å². The third-order valence-corrected chi connectivity index (χ3v) is 8.26. The maximum Gasteiger partial charge on any atom is 0.261 e. The lowest BCUT2D eigenvalue weighted by atomic mass is 10.1. The molecule has 1 unspecified atom stereocenters. The Morgan fingerprint density at radius 3 is 2.34 bits per heavy atom. The summed E-state index contributed by atoms with van der Waals surface area (Å²) >= 11 is 11.7. The number of rotatable bonds is 6. The second-order valence-corrected chi connectivity index (χ2v) is 11.4. The molecular formula is C18H18Cl2N2O5S2. The average molecular weight is 477 g/mol. The van der Waals surface area contributed by atoms with Crippen molar-refractivity contribution in [2.75, 3.05) is 16.2 Å². The van der Waals surface area contributed by atoms with E-state index in [9.17, 15) is 21.6 Å². The summed E-state index contributed by atoms with van der Waals surface area (Å²) < 4.78 is 50.2. The first-order chi connectivity index (χ1) is 13.5. The zero-order valence-corrected chi connectivity index (χ0v) is 18.2. The minimum atomic E-state index is -3.84. The van der Waals surface area contributed by atoms with E-state index in [2.05, 4.69) is 10.0 Å². The predicted molar refractivity (Wildman–Crippen MR) is 113 cm³/mol. The van der Waals surface area contributed by atoms with Crippen molar-refractivity contribution in [1.82, 2.24) is 5.32 Å². The van der Waals surface area contributed by atoms with Crippen molar-refractivity contribution in [1.29, 1.82) is 0 Å². The van der Waals surface area contributed by atoms with Crippen molar-refractivity contribution < 1.29 is 21.6 Å². The van der Waals surface area contributed by atoms with Gasteiger partial charge < -0.3 is 5.32 Å². The summed E-state index contributed by atoms with van der Waals surface area (Å²) in [6, 6.07) is 9.97. The Bertz CT molecular complexity index is 1130. The molecule has 2 aromatic rings. The molecule has 1 amide bonds. The van der Waals surface area contributed by atoms with Gasteiger partial charge in [-0.25, -0.2) is 16.8 Å². The molecule has 29 heavy (non-hydrogen) atoms. The van der Waals surface area contributed by atoms with E-state index in [0.717, 1.165) is 0 Å². The maximum atomic E-state index is 12.4. The van der Waals surface area contributed by atoms with E-state index in [-0.39, 0.29) is 44.8 Å². The van der Waals surface area contributed by atoms with Gasteiger partial charge in [-0.05, 0) is 42.3 Å². The largest absolute Gasteiger partial charge is 0.352 e. The molecule has 156 valence electrons. The van der Waals surface area contributed by atoms with Crippen LogP contribution in [0, 0.1) is 0 Å². The molecule has 2 aromatic carbocycles. The summed E-state index contributed by atoms with van der Waals surface area (Å²) in [5.41, 5.74) is 0.989. The van der Waals surface area contributed by atoms with Crippen LogP contribution in [0.15, 0.2) is 47.4 Å². The fourth-order valence-corrected chi connectivity index (χ4v) is 6.04. The second kappa shape index (κ2) is 8.51. The Kier molecular flexibility index (Phi) is 6.42. The predicted octanol–water partition coefficient (Wildman–Crippen LogP) is 2.64. The van der Waals surface area contributed by atoms with E-state index < -0.39 is 19.9 Å². The molecular weight excluding hydrogens is 459 g/mol. The standard InChI is InChI=1S/C18H18Cl2N2O5S2/c19-16-6-5-15(10-17(16)20)29(26,27)22-13-3-1-12(2-4-13)9-18(23)21-14-7-8-28(24,25)11-14/h1-6,10,14,22H,7-9,11H2,(H,21,23). The first-order valence-electron chi connectivity index (χ1n) is 8.61. The summed E-state index contributed by atoms with van der Waals surface area (Å²) in [5.74, 6) is -0.226. The van der Waals surface area contributed by atoms with Gasteiger partial charge in [-0.1, -0.05) is 35.3 Å². The molecule has 0 saturated carbocycles. The molecule has 0 radical (unpaired) electrons. The normalized spacial score (nSPS) is 18.3. The second-order valence-electron chi connectivity index (χ2n) is 6.72. The van der Waals surface area contributed by atoms with E-state index in [4.69, 9.17) is 23.2 Å². The molecule has 1 aliphatic heterocycles. The molecule has 0 aliphatic carbocycles. The quantitative estimate of drug-likeness (QED) is 0.665. The van der Waals surface area contributed by atoms with Crippen molar-refractivity contribution in [2.45, 2.75) is 23.8 Å². The molecule has 1 saturated heterocycles. The van der Waals surface area contributed by atoms with Crippen LogP contribution in [0.2, 0.25) is 10.0 Å². The van der Waals surface area contributed by atoms with Crippen LogP contribution in [0.1, 0.15) is 12.0 Å². The minimum Gasteiger partial charge on any atom is -0.352 e. The number of carbonyl (C=O) groups is 1. The number of sulfonamides is 1. The Balaban J connectivity index is 1.61. The van der Waals surface area contributed by atoms with Gasteiger partial charge in [0.05, 0.1) is 32.9 Å². The van der Waals surface area contributed by atoms with Gasteiger partial charge in [0.15, 0.2) is 9.84 Å². The van der Waals surface area contributed by atoms with Gasteiger partial charge in [0.2, 0.25) is 5.91 Å². The average Bonchev–Trinajstić information content (AvgIpc) is 2.97.